The van der Waals surface area contributed by atoms with E-state index in [0.29, 0.717) is 5.75 Å². The Morgan fingerprint density at radius 3 is 2.69 bits per heavy atom. The molecule has 2 rings (SSSR count). The van der Waals surface area contributed by atoms with Crippen LogP contribution in [0.3, 0.4) is 0 Å². The number of nitrogens with zero attached hydrogens (tertiary/aromatic N) is 1. The minimum atomic E-state index is 0.698. The Bertz CT molecular complexity index is 480. The van der Waals surface area contributed by atoms with Crippen LogP contribution in [0.1, 0.15) is 5.56 Å². The predicted molar refractivity (Wildman–Crippen MR) is 61.2 cm³/mol. The van der Waals surface area contributed by atoms with E-state index >= 15 is 0 Å². The topological polar surface area (TPSA) is 41.8 Å². The minimum Gasteiger partial charge on any atom is -0.457 e. The molecular weight excluding hydrogens is 202 g/mol. The second-order valence-corrected chi connectivity index (χ2v) is 3.15. The summed E-state index contributed by atoms with van der Waals surface area (Å²) in [7, 11) is 0. The number of benzene rings is 2. The highest BCUT2D eigenvalue weighted by molar-refractivity contribution is 5.79. The first-order chi connectivity index (χ1) is 7.88. The molecule has 2 aromatic carbocycles. The SMILES string of the molecule is ON=Cc1cccc(Oc2cc[c]cc2)c1. The molecule has 1 N–H and O–H groups in total. The van der Waals surface area contributed by atoms with Crippen molar-refractivity contribution in [3.05, 3.63) is 60.2 Å². The average molecular weight is 212 g/mol. The third kappa shape index (κ3) is 2.60. The molecule has 0 aliphatic rings. The summed E-state index contributed by atoms with van der Waals surface area (Å²) in [6.45, 7) is 0. The lowest BCUT2D eigenvalue weighted by Gasteiger charge is -2.05. The van der Waals surface area contributed by atoms with Crippen molar-refractivity contribution in [3.8, 4) is 11.5 Å². The number of hydrogen-bond acceptors (Lipinski definition) is 3. The van der Waals surface area contributed by atoms with Crippen LogP contribution in [0, 0.1) is 6.07 Å². The molecule has 1 radical (unpaired) electrons. The molecule has 16 heavy (non-hydrogen) atoms. The van der Waals surface area contributed by atoms with Gasteiger partial charge in [0.15, 0.2) is 0 Å². The summed E-state index contributed by atoms with van der Waals surface area (Å²) < 4.78 is 5.60. The third-order valence-electron chi connectivity index (χ3n) is 1.99. The highest BCUT2D eigenvalue weighted by atomic mass is 16.5. The molecule has 0 fully saturated rings. The van der Waals surface area contributed by atoms with Gasteiger partial charge in [0.1, 0.15) is 11.5 Å². The van der Waals surface area contributed by atoms with Crippen LogP contribution in [-0.4, -0.2) is 11.4 Å². The first-order valence-corrected chi connectivity index (χ1v) is 4.80. The first-order valence-electron chi connectivity index (χ1n) is 4.80. The van der Waals surface area contributed by atoms with Crippen LogP contribution in [0.15, 0.2) is 53.7 Å². The fraction of sp³-hybridized carbons (Fsp3) is 0. The molecule has 0 spiro atoms. The van der Waals surface area contributed by atoms with Crippen LogP contribution in [0.2, 0.25) is 0 Å². The van der Waals surface area contributed by atoms with Crippen molar-refractivity contribution in [3.63, 3.8) is 0 Å². The van der Waals surface area contributed by atoms with Gasteiger partial charge in [0.05, 0.1) is 6.21 Å². The van der Waals surface area contributed by atoms with Gasteiger partial charge in [-0.05, 0) is 35.9 Å². The molecule has 0 unspecified atom stereocenters. The van der Waals surface area contributed by atoms with Crippen molar-refractivity contribution < 1.29 is 9.94 Å². The molecule has 0 bridgehead atoms. The molecule has 0 atom stereocenters. The van der Waals surface area contributed by atoms with E-state index < -0.39 is 0 Å². The largest absolute Gasteiger partial charge is 0.457 e. The Hall–Kier alpha value is -2.29. The van der Waals surface area contributed by atoms with Crippen molar-refractivity contribution in [1.29, 1.82) is 0 Å². The summed E-state index contributed by atoms with van der Waals surface area (Å²) in [5.74, 6) is 1.44. The summed E-state index contributed by atoms with van der Waals surface area (Å²) in [6, 6.07) is 17.4. The highest BCUT2D eigenvalue weighted by Gasteiger charge is 1.97. The summed E-state index contributed by atoms with van der Waals surface area (Å²) in [4.78, 5) is 0. The molecule has 0 aromatic heterocycles. The van der Waals surface area contributed by atoms with E-state index in [-0.39, 0.29) is 0 Å². The van der Waals surface area contributed by atoms with E-state index in [1.165, 1.54) is 6.21 Å². The van der Waals surface area contributed by atoms with Gasteiger partial charge in [0, 0.05) is 0 Å². The van der Waals surface area contributed by atoms with Crippen molar-refractivity contribution in [2.24, 2.45) is 5.16 Å². The molecule has 0 amide bonds. The Balaban J connectivity index is 2.19. The van der Waals surface area contributed by atoms with Gasteiger partial charge < -0.3 is 9.94 Å². The third-order valence-corrected chi connectivity index (χ3v) is 1.99. The predicted octanol–water partition coefficient (Wildman–Crippen LogP) is 3.09. The molecule has 79 valence electrons. The maximum Gasteiger partial charge on any atom is 0.128 e. The van der Waals surface area contributed by atoms with E-state index in [1.54, 1.807) is 18.2 Å². The molecule has 0 saturated heterocycles. The molecular formula is C13H10NO2. The molecule has 2 aromatic rings. The number of oxime groups is 1. The van der Waals surface area contributed by atoms with Gasteiger partial charge in [-0.2, -0.15) is 0 Å². The van der Waals surface area contributed by atoms with Gasteiger partial charge in [-0.3, -0.25) is 0 Å². The zero-order chi connectivity index (χ0) is 11.2. The smallest absolute Gasteiger partial charge is 0.128 e. The Kier molecular flexibility index (Phi) is 3.18. The van der Waals surface area contributed by atoms with Crippen LogP contribution < -0.4 is 4.74 Å². The Morgan fingerprint density at radius 2 is 1.94 bits per heavy atom. The van der Waals surface area contributed by atoms with Crippen molar-refractivity contribution in [1.82, 2.24) is 0 Å². The molecule has 3 nitrogen and oxygen atoms in total. The van der Waals surface area contributed by atoms with E-state index in [1.807, 2.05) is 30.3 Å². The van der Waals surface area contributed by atoms with E-state index in [4.69, 9.17) is 9.94 Å². The number of rotatable bonds is 3. The summed E-state index contributed by atoms with van der Waals surface area (Å²) in [6.07, 6.45) is 1.35. The maximum absolute atomic E-state index is 8.42. The van der Waals surface area contributed by atoms with Crippen LogP contribution in [-0.2, 0) is 0 Å². The lowest BCUT2D eigenvalue weighted by molar-refractivity contribution is 0.322. The Morgan fingerprint density at radius 1 is 1.12 bits per heavy atom. The first kappa shape index (κ1) is 10.2. The maximum atomic E-state index is 8.42. The van der Waals surface area contributed by atoms with Gasteiger partial charge >= 0.3 is 0 Å². The van der Waals surface area contributed by atoms with Crippen molar-refractivity contribution in [2.45, 2.75) is 0 Å². The fourth-order valence-corrected chi connectivity index (χ4v) is 1.30. The molecule has 0 aliphatic heterocycles. The summed E-state index contributed by atoms with van der Waals surface area (Å²) in [5.41, 5.74) is 0.780. The van der Waals surface area contributed by atoms with Crippen LogP contribution in [0.5, 0.6) is 11.5 Å². The summed E-state index contributed by atoms with van der Waals surface area (Å²) >= 11 is 0. The second kappa shape index (κ2) is 4.98. The normalized spacial score (nSPS) is 10.5. The van der Waals surface area contributed by atoms with Crippen LogP contribution in [0.25, 0.3) is 0 Å². The lowest BCUT2D eigenvalue weighted by atomic mass is 10.2. The highest BCUT2D eigenvalue weighted by Crippen LogP contribution is 2.20. The van der Waals surface area contributed by atoms with E-state index in [9.17, 15) is 0 Å². The van der Waals surface area contributed by atoms with Crippen molar-refractivity contribution >= 4 is 6.21 Å². The Labute approximate surface area is 93.6 Å². The number of hydrogen-bond donors (Lipinski definition) is 1. The van der Waals surface area contributed by atoms with Gasteiger partial charge in [0.2, 0.25) is 0 Å². The fourth-order valence-electron chi connectivity index (χ4n) is 1.30. The van der Waals surface area contributed by atoms with Gasteiger partial charge in [-0.1, -0.05) is 29.4 Å². The van der Waals surface area contributed by atoms with Gasteiger partial charge in [0.25, 0.3) is 0 Å². The average Bonchev–Trinajstić information content (AvgIpc) is 2.31. The molecule has 0 saturated carbocycles. The van der Waals surface area contributed by atoms with Crippen molar-refractivity contribution in [2.75, 3.05) is 0 Å². The molecule has 0 heterocycles. The zero-order valence-electron chi connectivity index (χ0n) is 8.50. The van der Waals surface area contributed by atoms with Gasteiger partial charge in [-0.15, -0.1) is 0 Å². The lowest BCUT2D eigenvalue weighted by Crippen LogP contribution is -1.86. The zero-order valence-corrected chi connectivity index (χ0v) is 8.50. The van der Waals surface area contributed by atoms with Crippen LogP contribution in [0.4, 0.5) is 0 Å². The standard InChI is InChI=1S/C13H10NO2/c15-14-10-11-5-4-8-13(9-11)16-12-6-2-1-3-7-12/h2-10,15H. The summed E-state index contributed by atoms with van der Waals surface area (Å²) in [5, 5.41) is 11.4. The minimum absolute atomic E-state index is 0.698. The molecule has 3 heteroatoms. The monoisotopic (exact) mass is 212 g/mol. The number of ether oxygens (including phenoxy) is 1. The van der Waals surface area contributed by atoms with Crippen LogP contribution >= 0.6 is 0 Å². The molecule has 0 aliphatic carbocycles. The van der Waals surface area contributed by atoms with Gasteiger partial charge in [-0.25, -0.2) is 0 Å². The quantitative estimate of drug-likeness (QED) is 0.482. The van der Waals surface area contributed by atoms with E-state index in [0.717, 1.165) is 11.3 Å². The second-order valence-electron chi connectivity index (χ2n) is 3.15. The van der Waals surface area contributed by atoms with E-state index in [2.05, 4.69) is 11.2 Å².